The Kier molecular flexibility index (Phi) is 7.31. The Morgan fingerprint density at radius 1 is 0.846 bits per heavy atom. The molecule has 4 fully saturated rings. The van der Waals surface area contributed by atoms with Gasteiger partial charge in [-0.1, -0.05) is 87.5 Å². The lowest BCUT2D eigenvalue weighted by molar-refractivity contribution is -0.206. The number of aliphatic hydroxyl groups is 3. The lowest BCUT2D eigenvalue weighted by Crippen LogP contribution is -2.62. The largest absolute Gasteiger partial charge is 0.393 e. The van der Waals surface area contributed by atoms with Crippen LogP contribution in [0.25, 0.3) is 5.57 Å². The number of hydrogen-bond acceptors (Lipinski definition) is 3. The molecule has 3 nitrogen and oxygen atoms in total. The molecule has 0 unspecified atom stereocenters. The van der Waals surface area contributed by atoms with E-state index in [2.05, 4.69) is 87.5 Å². The van der Waals surface area contributed by atoms with Crippen LogP contribution < -0.4 is 0 Å². The number of aliphatic hydroxyl groups excluding tert-OH is 3. The summed E-state index contributed by atoms with van der Waals surface area (Å²) in [5.41, 5.74) is 3.74. The highest BCUT2D eigenvalue weighted by atomic mass is 16.3. The van der Waals surface area contributed by atoms with Gasteiger partial charge in [-0.15, -0.1) is 0 Å². The summed E-state index contributed by atoms with van der Waals surface area (Å²) in [6.07, 6.45) is 9.09. The average molecular weight is 529 g/mol. The second-order valence-electron chi connectivity index (χ2n) is 14.1. The molecule has 3 heteroatoms. The van der Waals surface area contributed by atoms with Gasteiger partial charge >= 0.3 is 0 Å². The Hall–Kier alpha value is -1.94. The number of benzene rings is 2. The summed E-state index contributed by atoms with van der Waals surface area (Å²) < 4.78 is 0. The summed E-state index contributed by atoms with van der Waals surface area (Å²) in [6, 6.07) is 21.4. The van der Waals surface area contributed by atoms with Crippen LogP contribution >= 0.6 is 0 Å². The molecule has 0 heterocycles. The van der Waals surface area contributed by atoms with Crippen molar-refractivity contribution in [1.82, 2.24) is 0 Å². The van der Waals surface area contributed by atoms with Crippen molar-refractivity contribution >= 4 is 5.57 Å². The molecule has 0 spiro atoms. The normalized spacial score (nSPS) is 42.1. The number of allylic oxidation sites excluding steroid dienone is 1. The first kappa shape index (κ1) is 27.2. The molecule has 0 amide bonds. The lowest BCUT2D eigenvalue weighted by atomic mass is 9.43. The minimum atomic E-state index is -0.333. The fourth-order valence-electron chi connectivity index (χ4n) is 10.2. The van der Waals surface area contributed by atoms with Crippen molar-refractivity contribution in [3.63, 3.8) is 0 Å². The van der Waals surface area contributed by atoms with Crippen LogP contribution in [0, 0.1) is 46.3 Å². The quantitative estimate of drug-likeness (QED) is 0.388. The molecule has 4 aliphatic carbocycles. The van der Waals surface area contributed by atoms with Gasteiger partial charge < -0.3 is 15.3 Å². The van der Waals surface area contributed by atoms with Gasteiger partial charge in [-0.25, -0.2) is 0 Å². The second-order valence-corrected chi connectivity index (χ2v) is 14.1. The lowest BCUT2D eigenvalue weighted by Gasteiger charge is -2.63. The van der Waals surface area contributed by atoms with Crippen LogP contribution in [0.4, 0.5) is 0 Å². The first-order valence-corrected chi connectivity index (χ1v) is 15.6. The summed E-state index contributed by atoms with van der Waals surface area (Å²) in [7, 11) is 0. The van der Waals surface area contributed by atoms with Gasteiger partial charge in [0, 0.05) is 0 Å². The summed E-state index contributed by atoms with van der Waals surface area (Å²) in [5.74, 6) is 2.24. The topological polar surface area (TPSA) is 60.7 Å². The molecule has 6 rings (SSSR count). The Morgan fingerprint density at radius 2 is 1.49 bits per heavy atom. The van der Waals surface area contributed by atoms with Gasteiger partial charge in [-0.05, 0) is 114 Å². The highest BCUT2D eigenvalue weighted by Crippen LogP contribution is 2.68. The van der Waals surface area contributed by atoms with E-state index in [9.17, 15) is 15.3 Å². The molecule has 4 saturated carbocycles. The Balaban J connectivity index is 1.26. The molecule has 11 atom stereocenters. The molecule has 0 bridgehead atoms. The maximum Gasteiger partial charge on any atom is 0.0602 e. The van der Waals surface area contributed by atoms with Gasteiger partial charge in [-0.3, -0.25) is 0 Å². The van der Waals surface area contributed by atoms with Gasteiger partial charge in [0.1, 0.15) is 0 Å². The monoisotopic (exact) mass is 528 g/mol. The molecule has 0 aliphatic heterocycles. The number of hydrogen-bond donors (Lipinski definition) is 3. The average Bonchev–Trinajstić information content (AvgIpc) is 3.30. The molecular weight excluding hydrogens is 480 g/mol. The molecule has 2 aromatic carbocycles. The standard InChI is InChI=1S/C36H48O3/c1-23(14-15-28(24-10-6-4-7-11-24)25-12-8-5-9-13-25)29-16-17-30-34-31(22-33(39)36(29,30)3)35(2)19-18-27(37)20-26(35)21-32(34)38/h4-13,15,23,26-27,29-34,37-39H,14,16-22H2,1-3H3/t23-,26+,27+,29-,30+,31-,32+,33-,34+,35-,36+/m0/s1. The van der Waals surface area contributed by atoms with Crippen molar-refractivity contribution < 1.29 is 15.3 Å². The SMILES string of the molecule is C[C@@H](CC=C(c1ccccc1)c1ccccc1)[C@@H]1CC[C@@H]2[C@H]3[C@H](O)C[C@H]4C[C@H](O)CC[C@]4(C)[C@H]3C[C@H](O)[C@@]21C. The van der Waals surface area contributed by atoms with Gasteiger partial charge in [-0.2, -0.15) is 0 Å². The number of fused-ring (bicyclic) bond motifs is 5. The van der Waals surface area contributed by atoms with Crippen LogP contribution in [0.5, 0.6) is 0 Å². The maximum atomic E-state index is 11.9. The molecular formula is C36H48O3. The van der Waals surface area contributed by atoms with Gasteiger partial charge in [0.15, 0.2) is 0 Å². The highest BCUT2D eigenvalue weighted by Gasteiger charge is 2.65. The highest BCUT2D eigenvalue weighted by molar-refractivity contribution is 5.79. The van der Waals surface area contributed by atoms with Crippen LogP contribution in [0.15, 0.2) is 66.7 Å². The Morgan fingerprint density at radius 3 is 2.13 bits per heavy atom. The van der Waals surface area contributed by atoms with Crippen LogP contribution in [-0.2, 0) is 0 Å². The van der Waals surface area contributed by atoms with E-state index in [-0.39, 0.29) is 35.1 Å². The molecule has 4 aliphatic rings. The molecule has 2 aromatic rings. The van der Waals surface area contributed by atoms with Crippen molar-refractivity contribution in [3.8, 4) is 0 Å². The van der Waals surface area contributed by atoms with E-state index in [0.29, 0.717) is 29.6 Å². The minimum Gasteiger partial charge on any atom is -0.393 e. The summed E-state index contributed by atoms with van der Waals surface area (Å²) >= 11 is 0. The smallest absolute Gasteiger partial charge is 0.0602 e. The molecule has 0 aromatic heterocycles. The van der Waals surface area contributed by atoms with Crippen LogP contribution in [0.2, 0.25) is 0 Å². The van der Waals surface area contributed by atoms with E-state index in [0.717, 1.165) is 51.4 Å². The molecule has 39 heavy (non-hydrogen) atoms. The van der Waals surface area contributed by atoms with Crippen LogP contribution in [0.3, 0.4) is 0 Å². The van der Waals surface area contributed by atoms with E-state index in [1.54, 1.807) is 0 Å². The second kappa shape index (κ2) is 10.5. The molecule has 0 saturated heterocycles. The van der Waals surface area contributed by atoms with Gasteiger partial charge in [0.2, 0.25) is 0 Å². The van der Waals surface area contributed by atoms with E-state index in [4.69, 9.17) is 0 Å². The zero-order valence-electron chi connectivity index (χ0n) is 24.0. The zero-order chi connectivity index (χ0) is 27.4. The van der Waals surface area contributed by atoms with Gasteiger partial charge in [0.05, 0.1) is 18.3 Å². The maximum absolute atomic E-state index is 11.9. The predicted molar refractivity (Wildman–Crippen MR) is 158 cm³/mol. The molecule has 0 radical (unpaired) electrons. The summed E-state index contributed by atoms with van der Waals surface area (Å²) in [6.45, 7) is 7.16. The third-order valence-corrected chi connectivity index (χ3v) is 12.4. The third-order valence-electron chi connectivity index (χ3n) is 12.4. The summed E-state index contributed by atoms with van der Waals surface area (Å²) in [5, 5.41) is 33.9. The number of rotatable bonds is 5. The Labute approximate surface area is 235 Å². The van der Waals surface area contributed by atoms with E-state index >= 15 is 0 Å². The van der Waals surface area contributed by atoms with Gasteiger partial charge in [0.25, 0.3) is 0 Å². The van der Waals surface area contributed by atoms with E-state index in [1.807, 2.05) is 0 Å². The molecule has 3 N–H and O–H groups in total. The van der Waals surface area contributed by atoms with Crippen LogP contribution in [0.1, 0.15) is 83.3 Å². The fourth-order valence-corrected chi connectivity index (χ4v) is 10.2. The summed E-state index contributed by atoms with van der Waals surface area (Å²) in [4.78, 5) is 0. The van der Waals surface area contributed by atoms with Crippen molar-refractivity contribution in [2.75, 3.05) is 0 Å². The first-order valence-electron chi connectivity index (χ1n) is 15.6. The van der Waals surface area contributed by atoms with Crippen molar-refractivity contribution in [1.29, 1.82) is 0 Å². The van der Waals surface area contributed by atoms with Crippen molar-refractivity contribution in [3.05, 3.63) is 77.9 Å². The van der Waals surface area contributed by atoms with Crippen molar-refractivity contribution in [2.45, 2.75) is 90.4 Å². The predicted octanol–water partition coefficient (Wildman–Crippen LogP) is 7.11. The Bertz CT molecular complexity index is 1120. The van der Waals surface area contributed by atoms with Crippen LogP contribution in [-0.4, -0.2) is 33.6 Å². The molecule has 210 valence electrons. The zero-order valence-corrected chi connectivity index (χ0v) is 24.0. The third kappa shape index (κ3) is 4.53. The first-order chi connectivity index (χ1) is 18.7. The minimum absolute atomic E-state index is 0.123. The van der Waals surface area contributed by atoms with E-state index < -0.39 is 0 Å². The fraction of sp³-hybridized carbons (Fsp3) is 0.611. The van der Waals surface area contributed by atoms with Crippen molar-refractivity contribution in [2.24, 2.45) is 46.3 Å². The van der Waals surface area contributed by atoms with E-state index in [1.165, 1.54) is 16.7 Å².